The van der Waals surface area contributed by atoms with Crippen molar-refractivity contribution in [3.05, 3.63) is 6.92 Å². The average molecular weight is 168 g/mol. The lowest BCUT2D eigenvalue weighted by atomic mass is 11.0. The molecule has 0 aliphatic rings. The molecule has 0 bridgehead atoms. The van der Waals surface area contributed by atoms with Gasteiger partial charge in [0, 0.05) is 11.1 Å². The molecule has 0 aliphatic carbocycles. The number of alkyl halides is 1. The van der Waals surface area contributed by atoms with Crippen molar-refractivity contribution in [2.45, 2.75) is 0 Å². The van der Waals surface area contributed by atoms with Gasteiger partial charge in [0.15, 0.2) is 0 Å². The molecule has 6 heavy (non-hydrogen) atoms. The van der Waals surface area contributed by atoms with Gasteiger partial charge in [0.05, 0.1) is 0 Å². The zero-order chi connectivity index (χ0) is 4.83. The van der Waals surface area contributed by atoms with Gasteiger partial charge in [-0.1, -0.05) is 15.9 Å². The highest BCUT2D eigenvalue weighted by atomic mass is 79.9. The molecule has 37 valence electrons. The molecule has 0 heterocycles. The summed E-state index contributed by atoms with van der Waals surface area (Å²) in [5.41, 5.74) is 0. The van der Waals surface area contributed by atoms with Gasteiger partial charge >= 0.3 is 0 Å². The van der Waals surface area contributed by atoms with Crippen LogP contribution in [0.5, 0.6) is 0 Å². The predicted octanol–water partition coefficient (Wildman–Crippen LogP) is 1.95. The molecule has 0 saturated carbocycles. The highest BCUT2D eigenvalue weighted by Crippen LogP contribution is 1.97. The molecule has 0 N–H and O–H groups in total. The van der Waals surface area contributed by atoms with Crippen molar-refractivity contribution in [1.82, 2.24) is 0 Å². The normalized spacial score (nSPS) is 9.00. The van der Waals surface area contributed by atoms with Crippen molar-refractivity contribution in [3.8, 4) is 0 Å². The Morgan fingerprint density at radius 3 is 2.50 bits per heavy atom. The Morgan fingerprint density at radius 1 is 1.67 bits per heavy atom. The molecule has 0 unspecified atom stereocenters. The van der Waals surface area contributed by atoms with Crippen LogP contribution in [0, 0.1) is 6.92 Å². The molecule has 0 nitrogen and oxygen atoms in total. The predicted molar refractivity (Wildman–Crippen MR) is 36.5 cm³/mol. The van der Waals surface area contributed by atoms with Crippen molar-refractivity contribution in [1.29, 1.82) is 0 Å². The van der Waals surface area contributed by atoms with E-state index in [0.29, 0.717) is 0 Å². The number of halogens is 1. The summed E-state index contributed by atoms with van der Waals surface area (Å²) in [5, 5.41) is 1.09. The Labute approximate surface area is 51.8 Å². The molecule has 0 fully saturated rings. The van der Waals surface area contributed by atoms with Gasteiger partial charge in [-0.3, -0.25) is 0 Å². The van der Waals surface area contributed by atoms with E-state index in [2.05, 4.69) is 22.9 Å². The van der Waals surface area contributed by atoms with E-state index in [1.165, 1.54) is 5.75 Å². The lowest BCUT2D eigenvalue weighted by Crippen LogP contribution is -1.76. The standard InChI is InChI=1S/C4H8BrS/c1-2-6-4-3-5/h1-4H2. The molecular formula is C4H8BrS. The molecule has 0 aromatic heterocycles. The third-order valence-electron chi connectivity index (χ3n) is 0.366. The Kier molecular flexibility index (Phi) is 6.64. The molecule has 0 rings (SSSR count). The van der Waals surface area contributed by atoms with Crippen molar-refractivity contribution in [2.24, 2.45) is 0 Å². The van der Waals surface area contributed by atoms with Gasteiger partial charge in [-0.05, 0) is 12.7 Å². The molecule has 0 amide bonds. The summed E-state index contributed by atoms with van der Waals surface area (Å²) in [7, 11) is 0. The van der Waals surface area contributed by atoms with Crippen LogP contribution in [0.4, 0.5) is 0 Å². The Hall–Kier alpha value is 0.830. The minimum absolute atomic E-state index is 0.992. The fourth-order valence-electron chi connectivity index (χ4n) is 0.157. The molecule has 1 radical (unpaired) electrons. The zero-order valence-corrected chi connectivity index (χ0v) is 6.02. The number of rotatable bonds is 3. The maximum absolute atomic E-state index is 3.67. The van der Waals surface area contributed by atoms with E-state index in [1.54, 1.807) is 0 Å². The van der Waals surface area contributed by atoms with Crippen molar-refractivity contribution < 1.29 is 0 Å². The second-order valence-electron chi connectivity index (χ2n) is 0.801. The van der Waals surface area contributed by atoms with Gasteiger partial charge in [-0.25, -0.2) is 0 Å². The van der Waals surface area contributed by atoms with Crippen molar-refractivity contribution in [2.75, 3.05) is 16.8 Å². The van der Waals surface area contributed by atoms with Gasteiger partial charge < -0.3 is 0 Å². The topological polar surface area (TPSA) is 0 Å². The maximum Gasteiger partial charge on any atom is 0.0122 e. The van der Waals surface area contributed by atoms with Gasteiger partial charge in [-0.15, -0.1) is 0 Å². The third-order valence-corrected chi connectivity index (χ3v) is 2.07. The highest BCUT2D eigenvalue weighted by Gasteiger charge is 1.76. The zero-order valence-electron chi connectivity index (χ0n) is 3.61. The molecule has 0 spiro atoms. The monoisotopic (exact) mass is 167 g/mol. The van der Waals surface area contributed by atoms with Crippen LogP contribution in [0.15, 0.2) is 0 Å². The fraction of sp³-hybridized carbons (Fsp3) is 0.750. The molecule has 2 heteroatoms. The fourth-order valence-corrected chi connectivity index (χ4v) is 1.16. The molecule has 0 atom stereocenters. The van der Waals surface area contributed by atoms with Gasteiger partial charge in [0.2, 0.25) is 0 Å². The first-order valence-corrected chi connectivity index (χ1v) is 4.12. The Bertz CT molecular complexity index is 19.5. The van der Waals surface area contributed by atoms with Gasteiger partial charge in [0.25, 0.3) is 0 Å². The van der Waals surface area contributed by atoms with Crippen LogP contribution in [-0.2, 0) is 0 Å². The van der Waals surface area contributed by atoms with Crippen LogP contribution in [-0.4, -0.2) is 16.8 Å². The van der Waals surface area contributed by atoms with E-state index >= 15 is 0 Å². The van der Waals surface area contributed by atoms with Crippen LogP contribution < -0.4 is 0 Å². The van der Waals surface area contributed by atoms with E-state index in [1.807, 2.05) is 11.8 Å². The van der Waals surface area contributed by atoms with E-state index < -0.39 is 0 Å². The summed E-state index contributed by atoms with van der Waals surface area (Å²) in [6.45, 7) is 3.67. The average Bonchev–Trinajstić information content (AvgIpc) is 1.61. The number of hydrogen-bond donors (Lipinski definition) is 0. The van der Waals surface area contributed by atoms with E-state index in [4.69, 9.17) is 0 Å². The molecule has 0 aromatic carbocycles. The minimum Gasteiger partial charge on any atom is -0.161 e. The van der Waals surface area contributed by atoms with Gasteiger partial charge in [0.1, 0.15) is 0 Å². The molecule has 0 aliphatic heterocycles. The van der Waals surface area contributed by atoms with Crippen LogP contribution >= 0.6 is 27.7 Å². The van der Waals surface area contributed by atoms with Crippen LogP contribution in [0.1, 0.15) is 0 Å². The van der Waals surface area contributed by atoms with E-state index in [0.717, 1.165) is 11.1 Å². The minimum atomic E-state index is 0.992. The Balaban J connectivity index is 2.34. The SMILES string of the molecule is [CH2]CSCCBr. The van der Waals surface area contributed by atoms with Crippen molar-refractivity contribution >= 4 is 27.7 Å². The summed E-state index contributed by atoms with van der Waals surface area (Å²) < 4.78 is 0. The first kappa shape index (κ1) is 6.83. The summed E-state index contributed by atoms with van der Waals surface area (Å²) in [5.74, 6) is 2.18. The summed E-state index contributed by atoms with van der Waals surface area (Å²) in [6.07, 6.45) is 0. The Morgan fingerprint density at radius 2 is 2.33 bits per heavy atom. The van der Waals surface area contributed by atoms with Crippen LogP contribution in [0.3, 0.4) is 0 Å². The van der Waals surface area contributed by atoms with Crippen LogP contribution in [0.2, 0.25) is 0 Å². The second kappa shape index (κ2) is 5.83. The lowest BCUT2D eigenvalue weighted by Gasteiger charge is -1.85. The third kappa shape index (κ3) is 4.83. The first-order valence-electron chi connectivity index (χ1n) is 1.84. The van der Waals surface area contributed by atoms with Crippen molar-refractivity contribution in [3.63, 3.8) is 0 Å². The summed E-state index contributed by atoms with van der Waals surface area (Å²) >= 11 is 5.15. The summed E-state index contributed by atoms with van der Waals surface area (Å²) in [4.78, 5) is 0. The first-order chi connectivity index (χ1) is 2.91. The second-order valence-corrected chi connectivity index (χ2v) is 2.82. The van der Waals surface area contributed by atoms with Crippen LogP contribution in [0.25, 0.3) is 0 Å². The lowest BCUT2D eigenvalue weighted by molar-refractivity contribution is 1.57. The molecule has 0 saturated heterocycles. The number of thioether (sulfide) groups is 1. The molecular weight excluding hydrogens is 160 g/mol. The smallest absolute Gasteiger partial charge is 0.0122 e. The highest BCUT2D eigenvalue weighted by molar-refractivity contribution is 9.09. The molecule has 0 aromatic rings. The van der Waals surface area contributed by atoms with E-state index in [9.17, 15) is 0 Å². The van der Waals surface area contributed by atoms with E-state index in [-0.39, 0.29) is 0 Å². The number of hydrogen-bond acceptors (Lipinski definition) is 1. The maximum atomic E-state index is 3.67. The summed E-state index contributed by atoms with van der Waals surface area (Å²) in [6, 6.07) is 0. The largest absolute Gasteiger partial charge is 0.161 e. The van der Waals surface area contributed by atoms with Gasteiger partial charge in [-0.2, -0.15) is 11.8 Å². The quantitative estimate of drug-likeness (QED) is 0.458.